The quantitative estimate of drug-likeness (QED) is 0.856. The van der Waals surface area contributed by atoms with Gasteiger partial charge >= 0.3 is 0 Å². The highest BCUT2D eigenvalue weighted by Gasteiger charge is 2.28. The van der Waals surface area contributed by atoms with Crippen LogP contribution < -0.4 is 0 Å². The number of aromatic amines is 1. The van der Waals surface area contributed by atoms with E-state index >= 15 is 0 Å². The minimum Gasteiger partial charge on any atom is -0.281 e. The zero-order valence-corrected chi connectivity index (χ0v) is 13.2. The Balaban J connectivity index is 2.30. The van der Waals surface area contributed by atoms with Gasteiger partial charge in [-0.25, -0.2) is 12.8 Å². The third-order valence-electron chi connectivity index (χ3n) is 3.07. The smallest absolute Gasteiger partial charge is 0.246 e. The molecule has 1 aromatic carbocycles. The molecule has 1 aromatic heterocycles. The Hall–Kier alpha value is -1.44. The van der Waals surface area contributed by atoms with Crippen LogP contribution in [0.3, 0.4) is 0 Å². The van der Waals surface area contributed by atoms with E-state index in [4.69, 9.17) is 11.6 Å². The number of sulfonamides is 1. The monoisotopic (exact) mass is 331 g/mol. The van der Waals surface area contributed by atoms with Crippen LogP contribution in [0.15, 0.2) is 29.2 Å². The lowest BCUT2D eigenvalue weighted by Crippen LogP contribution is -2.27. The summed E-state index contributed by atoms with van der Waals surface area (Å²) in [5, 5.41) is 6.52. The summed E-state index contributed by atoms with van der Waals surface area (Å²) in [5.74, 6) is -0.358. The Morgan fingerprint density at radius 3 is 2.52 bits per heavy atom. The lowest BCUT2D eigenvalue weighted by molar-refractivity contribution is 0.465. The molecule has 114 valence electrons. The van der Waals surface area contributed by atoms with Gasteiger partial charge in [0.05, 0.1) is 17.3 Å². The van der Waals surface area contributed by atoms with Crippen molar-refractivity contribution in [3.8, 4) is 0 Å². The molecule has 5 nitrogen and oxygen atoms in total. The minimum atomic E-state index is -3.72. The highest BCUT2D eigenvalue weighted by atomic mass is 35.5. The molecule has 0 unspecified atom stereocenters. The number of rotatable bonds is 5. The second kappa shape index (κ2) is 6.13. The van der Waals surface area contributed by atoms with Crippen LogP contribution in [-0.4, -0.2) is 30.0 Å². The topological polar surface area (TPSA) is 66.1 Å². The Kier molecular flexibility index (Phi) is 4.65. The highest BCUT2D eigenvalue weighted by molar-refractivity contribution is 7.89. The van der Waals surface area contributed by atoms with Gasteiger partial charge in [-0.2, -0.15) is 9.40 Å². The van der Waals surface area contributed by atoms with Crippen LogP contribution in [0.5, 0.6) is 0 Å². The van der Waals surface area contributed by atoms with Crippen molar-refractivity contribution in [1.29, 1.82) is 0 Å². The van der Waals surface area contributed by atoms with E-state index in [1.165, 1.54) is 23.5 Å². The molecule has 0 saturated heterocycles. The first kappa shape index (κ1) is 15.9. The highest BCUT2D eigenvalue weighted by Crippen LogP contribution is 2.23. The number of aryl methyl sites for hydroxylation is 1. The van der Waals surface area contributed by atoms with Gasteiger partial charge in [0.1, 0.15) is 10.7 Å². The first-order chi connectivity index (χ1) is 9.86. The fourth-order valence-corrected chi connectivity index (χ4v) is 3.74. The number of halogens is 2. The molecule has 0 spiro atoms. The molecular formula is C13H15ClFN3O2S. The second-order valence-corrected chi connectivity index (χ2v) is 6.89. The van der Waals surface area contributed by atoms with E-state index in [1.807, 2.05) is 0 Å². The maximum absolute atomic E-state index is 12.9. The number of hydrogen-bond acceptors (Lipinski definition) is 3. The van der Waals surface area contributed by atoms with Gasteiger partial charge in [0.15, 0.2) is 0 Å². The van der Waals surface area contributed by atoms with Crippen LogP contribution in [0.25, 0.3) is 0 Å². The molecule has 1 heterocycles. The molecule has 0 radical (unpaired) electrons. The van der Waals surface area contributed by atoms with Crippen molar-refractivity contribution in [3.05, 3.63) is 47.0 Å². The van der Waals surface area contributed by atoms with Crippen LogP contribution in [0.2, 0.25) is 0 Å². The molecule has 0 aliphatic carbocycles. The first-order valence-electron chi connectivity index (χ1n) is 6.17. The molecule has 1 N–H and O–H groups in total. The third-order valence-corrected chi connectivity index (χ3v) is 5.34. The van der Waals surface area contributed by atoms with Crippen molar-refractivity contribution in [1.82, 2.24) is 14.5 Å². The molecule has 0 bridgehead atoms. The van der Waals surface area contributed by atoms with E-state index in [2.05, 4.69) is 10.2 Å². The van der Waals surface area contributed by atoms with Gasteiger partial charge < -0.3 is 0 Å². The van der Waals surface area contributed by atoms with Crippen molar-refractivity contribution in [2.24, 2.45) is 0 Å². The van der Waals surface area contributed by atoms with Crippen LogP contribution in [0.1, 0.15) is 17.0 Å². The van der Waals surface area contributed by atoms with E-state index in [0.717, 1.165) is 0 Å². The van der Waals surface area contributed by atoms with Crippen molar-refractivity contribution in [2.45, 2.75) is 24.2 Å². The third kappa shape index (κ3) is 3.25. The molecular weight excluding hydrogens is 317 g/mol. The largest absolute Gasteiger partial charge is 0.281 e. The van der Waals surface area contributed by atoms with Crippen LogP contribution in [0.4, 0.5) is 4.39 Å². The SMILES string of the molecule is Cc1[nH]nc(CCl)c1S(=O)(=O)N(C)Cc1ccc(F)cc1. The van der Waals surface area contributed by atoms with Gasteiger partial charge in [0.25, 0.3) is 0 Å². The Labute approximate surface area is 127 Å². The lowest BCUT2D eigenvalue weighted by Gasteiger charge is -2.17. The van der Waals surface area contributed by atoms with Gasteiger partial charge in [-0.1, -0.05) is 12.1 Å². The minimum absolute atomic E-state index is 0.00327. The number of alkyl halides is 1. The maximum Gasteiger partial charge on any atom is 0.246 e. The molecule has 0 fully saturated rings. The van der Waals surface area contributed by atoms with Crippen molar-refractivity contribution in [2.75, 3.05) is 7.05 Å². The van der Waals surface area contributed by atoms with E-state index < -0.39 is 10.0 Å². The molecule has 0 aliphatic heterocycles. The molecule has 21 heavy (non-hydrogen) atoms. The van der Waals surface area contributed by atoms with Crippen LogP contribution in [0, 0.1) is 12.7 Å². The summed E-state index contributed by atoms with van der Waals surface area (Å²) in [7, 11) is -2.25. The van der Waals surface area contributed by atoms with Crippen molar-refractivity contribution >= 4 is 21.6 Å². The average molecular weight is 332 g/mol. The lowest BCUT2D eigenvalue weighted by atomic mass is 10.2. The van der Waals surface area contributed by atoms with E-state index in [-0.39, 0.29) is 23.1 Å². The zero-order valence-electron chi connectivity index (χ0n) is 11.6. The number of H-pyrrole nitrogens is 1. The van der Waals surface area contributed by atoms with Crippen molar-refractivity contribution < 1.29 is 12.8 Å². The number of aromatic nitrogens is 2. The number of hydrogen-bond donors (Lipinski definition) is 1. The first-order valence-corrected chi connectivity index (χ1v) is 8.14. The molecule has 0 saturated carbocycles. The Bertz CT molecular complexity index is 728. The summed E-state index contributed by atoms with van der Waals surface area (Å²) >= 11 is 5.73. The molecule has 0 amide bonds. The number of nitrogens with zero attached hydrogens (tertiary/aromatic N) is 2. The molecule has 2 rings (SSSR count). The molecule has 2 aromatic rings. The summed E-state index contributed by atoms with van der Waals surface area (Å²) in [6.45, 7) is 1.76. The van der Waals surface area contributed by atoms with Gasteiger partial charge in [-0.05, 0) is 24.6 Å². The molecule has 0 aliphatic rings. The van der Waals surface area contributed by atoms with Gasteiger partial charge in [0.2, 0.25) is 10.0 Å². The predicted octanol–water partition coefficient (Wildman–Crippen LogP) is 2.42. The van der Waals surface area contributed by atoms with E-state index in [1.54, 1.807) is 19.1 Å². The van der Waals surface area contributed by atoms with Crippen LogP contribution in [-0.2, 0) is 22.4 Å². The normalized spacial score (nSPS) is 12.0. The summed E-state index contributed by atoms with van der Waals surface area (Å²) in [6.07, 6.45) is 0. The number of benzene rings is 1. The summed E-state index contributed by atoms with van der Waals surface area (Å²) in [4.78, 5) is 0.0992. The second-order valence-electron chi connectivity index (χ2n) is 4.65. The van der Waals surface area contributed by atoms with Crippen molar-refractivity contribution in [3.63, 3.8) is 0 Å². The van der Waals surface area contributed by atoms with Gasteiger partial charge in [-0.3, -0.25) is 5.10 Å². The maximum atomic E-state index is 12.9. The van der Waals surface area contributed by atoms with E-state index in [0.29, 0.717) is 17.0 Å². The fourth-order valence-electron chi connectivity index (χ4n) is 1.99. The average Bonchev–Trinajstić information content (AvgIpc) is 2.83. The predicted molar refractivity (Wildman–Crippen MR) is 77.9 cm³/mol. The zero-order chi connectivity index (χ0) is 15.6. The molecule has 0 atom stereocenters. The summed E-state index contributed by atoms with van der Waals surface area (Å²) in [5.41, 5.74) is 1.42. The van der Waals surface area contributed by atoms with Gasteiger partial charge in [-0.15, -0.1) is 11.6 Å². The standard InChI is InChI=1S/C13H15ClFN3O2S/c1-9-13(12(7-14)17-16-9)21(19,20)18(2)8-10-3-5-11(15)6-4-10/h3-6H,7-8H2,1-2H3,(H,16,17). The Morgan fingerprint density at radius 1 is 1.33 bits per heavy atom. The Morgan fingerprint density at radius 2 is 1.95 bits per heavy atom. The van der Waals surface area contributed by atoms with Crippen LogP contribution >= 0.6 is 11.6 Å². The summed E-state index contributed by atoms with van der Waals surface area (Å²) < 4.78 is 39.3. The fraction of sp³-hybridized carbons (Fsp3) is 0.308. The van der Waals surface area contributed by atoms with E-state index in [9.17, 15) is 12.8 Å². The summed E-state index contributed by atoms with van der Waals surface area (Å²) in [6, 6.07) is 5.68. The number of nitrogens with one attached hydrogen (secondary N) is 1. The van der Waals surface area contributed by atoms with Gasteiger partial charge in [0, 0.05) is 13.6 Å². The molecule has 8 heteroatoms.